The van der Waals surface area contributed by atoms with Gasteiger partial charge in [-0.2, -0.15) is 0 Å². The zero-order chi connectivity index (χ0) is 16.8. The third-order valence-electron chi connectivity index (χ3n) is 3.11. The summed E-state index contributed by atoms with van der Waals surface area (Å²) in [4.78, 5) is 13.8. The molecule has 0 fully saturated rings. The second-order valence-electron chi connectivity index (χ2n) is 5.17. The first-order valence-electron chi connectivity index (χ1n) is 7.16. The van der Waals surface area contributed by atoms with Crippen molar-refractivity contribution in [2.45, 2.75) is 19.8 Å². The molecule has 0 spiro atoms. The maximum atomic E-state index is 5.91. The van der Waals surface area contributed by atoms with E-state index in [9.17, 15) is 0 Å². The Bertz CT molecular complexity index is 747. The van der Waals surface area contributed by atoms with E-state index in [1.807, 2.05) is 24.3 Å². The number of thiazole rings is 1. The van der Waals surface area contributed by atoms with Crippen LogP contribution in [0.5, 0.6) is 0 Å². The second-order valence-corrected chi connectivity index (χ2v) is 6.44. The van der Waals surface area contributed by atoms with Gasteiger partial charge in [0, 0.05) is 23.4 Å². The smallest absolute Gasteiger partial charge is 0.113 e. The molecule has 6 heteroatoms. The first kappa shape index (κ1) is 17.4. The molecule has 0 saturated carbocycles. The van der Waals surface area contributed by atoms with E-state index in [1.165, 1.54) is 0 Å². The highest BCUT2D eigenvalue weighted by atomic mass is 35.5. The predicted molar refractivity (Wildman–Crippen MR) is 103 cm³/mol. The average Bonchev–Trinajstić information content (AvgIpc) is 2.97. The van der Waals surface area contributed by atoms with E-state index in [0.29, 0.717) is 11.6 Å². The summed E-state index contributed by atoms with van der Waals surface area (Å²) in [6.45, 7) is 7.90. The summed E-state index contributed by atoms with van der Waals surface area (Å²) in [5, 5.41) is 1.04. The third-order valence-corrected chi connectivity index (χ3v) is 4.62. The highest BCUT2D eigenvalue weighted by Crippen LogP contribution is 2.37. The second kappa shape index (κ2) is 8.04. The number of aliphatic imine (C=N–C) groups is 2. The van der Waals surface area contributed by atoms with Crippen molar-refractivity contribution < 1.29 is 0 Å². The first-order valence-corrected chi connectivity index (χ1v) is 8.51. The molecule has 1 heterocycles. The minimum Gasteiger partial charge on any atom is -0.399 e. The molecule has 0 aliphatic carbocycles. The Balaban J connectivity index is 2.59. The van der Waals surface area contributed by atoms with E-state index in [0.717, 1.165) is 26.8 Å². The minimum atomic E-state index is 0.211. The van der Waals surface area contributed by atoms with Gasteiger partial charge >= 0.3 is 0 Å². The lowest BCUT2D eigenvalue weighted by Gasteiger charge is -2.03. The Hall–Kier alpha value is -1.98. The molecule has 0 aliphatic rings. The molecular formula is C17H19ClN4S. The molecular weight excluding hydrogens is 328 g/mol. The molecule has 2 rings (SSSR count). The van der Waals surface area contributed by atoms with Crippen LogP contribution in [0.25, 0.3) is 17.0 Å². The van der Waals surface area contributed by atoms with Crippen molar-refractivity contribution in [3.63, 3.8) is 0 Å². The molecule has 0 atom stereocenters. The van der Waals surface area contributed by atoms with Crippen molar-refractivity contribution in [1.82, 2.24) is 4.98 Å². The van der Waals surface area contributed by atoms with Gasteiger partial charge in [-0.05, 0) is 24.9 Å². The lowest BCUT2D eigenvalue weighted by molar-refractivity contribution is 0.853. The number of nitrogens with two attached hydrogens (primary N) is 1. The van der Waals surface area contributed by atoms with Crippen LogP contribution in [0.4, 0.5) is 5.69 Å². The Labute approximate surface area is 145 Å². The minimum absolute atomic E-state index is 0.211. The fourth-order valence-corrected chi connectivity index (χ4v) is 3.16. The van der Waals surface area contributed by atoms with Crippen molar-refractivity contribution in [3.05, 3.63) is 40.2 Å². The van der Waals surface area contributed by atoms with Crippen molar-refractivity contribution in [3.8, 4) is 11.3 Å². The van der Waals surface area contributed by atoms with E-state index in [1.54, 1.807) is 23.6 Å². The maximum absolute atomic E-state index is 5.91. The van der Waals surface area contributed by atoms with Gasteiger partial charge in [0.1, 0.15) is 6.00 Å². The number of halogens is 1. The Morgan fingerprint density at radius 2 is 2.26 bits per heavy atom. The number of allylic oxidation sites excluding steroid dienone is 1. The molecule has 2 N–H and O–H groups in total. The van der Waals surface area contributed by atoms with Gasteiger partial charge in [-0.3, -0.25) is 9.98 Å². The molecule has 120 valence electrons. The van der Waals surface area contributed by atoms with Crippen molar-refractivity contribution in [1.29, 1.82) is 0 Å². The zero-order valence-electron chi connectivity index (χ0n) is 13.2. The van der Waals surface area contributed by atoms with E-state index in [4.69, 9.17) is 22.3 Å². The van der Waals surface area contributed by atoms with Crippen LogP contribution in [0.2, 0.25) is 0 Å². The third kappa shape index (κ3) is 4.27. The van der Waals surface area contributed by atoms with Crippen LogP contribution in [0.3, 0.4) is 0 Å². The Morgan fingerprint density at radius 1 is 1.48 bits per heavy atom. The summed E-state index contributed by atoms with van der Waals surface area (Å²) in [7, 11) is 0. The van der Waals surface area contributed by atoms with E-state index in [-0.39, 0.29) is 6.00 Å². The lowest BCUT2D eigenvalue weighted by Crippen LogP contribution is -1.89. The zero-order valence-corrected chi connectivity index (χ0v) is 14.7. The van der Waals surface area contributed by atoms with Gasteiger partial charge < -0.3 is 5.73 Å². The Kier molecular flexibility index (Phi) is 6.07. The first-order chi connectivity index (χ1) is 11.1. The maximum Gasteiger partial charge on any atom is 0.113 e. The molecule has 23 heavy (non-hydrogen) atoms. The van der Waals surface area contributed by atoms with Gasteiger partial charge in [-0.1, -0.05) is 26.0 Å². The molecule has 2 aromatic rings. The van der Waals surface area contributed by atoms with Crippen LogP contribution in [-0.2, 0) is 0 Å². The largest absolute Gasteiger partial charge is 0.399 e. The van der Waals surface area contributed by atoms with E-state index >= 15 is 0 Å². The average molecular weight is 347 g/mol. The molecule has 1 aromatic heterocycles. The van der Waals surface area contributed by atoms with Crippen LogP contribution in [0.15, 0.2) is 40.3 Å². The van der Waals surface area contributed by atoms with Gasteiger partial charge in [-0.25, -0.2) is 4.98 Å². The monoisotopic (exact) mass is 346 g/mol. The molecule has 0 bridgehead atoms. The van der Waals surface area contributed by atoms with Gasteiger partial charge in [0.15, 0.2) is 0 Å². The van der Waals surface area contributed by atoms with Crippen LogP contribution in [-0.4, -0.2) is 23.9 Å². The number of hydrogen-bond donors (Lipinski definition) is 1. The summed E-state index contributed by atoms with van der Waals surface area (Å²) >= 11 is 7.18. The van der Waals surface area contributed by atoms with Crippen LogP contribution < -0.4 is 5.73 Å². The number of alkyl halides is 1. The molecule has 0 amide bonds. The summed E-state index contributed by atoms with van der Waals surface area (Å²) < 4.78 is 0. The highest BCUT2D eigenvalue weighted by Gasteiger charge is 2.17. The molecule has 0 aliphatic heterocycles. The normalized spacial score (nSPS) is 12.3. The molecule has 0 unspecified atom stereocenters. The van der Waals surface area contributed by atoms with Gasteiger partial charge in [0.25, 0.3) is 0 Å². The number of benzene rings is 1. The number of rotatable bonds is 6. The SMILES string of the molecule is C=N/C(=C\C=N/CCl)c1sc(C(C)C)nc1-c1cccc(N)c1. The molecule has 1 aromatic carbocycles. The van der Waals surface area contributed by atoms with Crippen molar-refractivity contribution >= 4 is 47.3 Å². The van der Waals surface area contributed by atoms with Crippen LogP contribution in [0, 0.1) is 0 Å². The topological polar surface area (TPSA) is 63.6 Å². The summed E-state index contributed by atoms with van der Waals surface area (Å²) in [5.74, 6) is 0.330. The summed E-state index contributed by atoms with van der Waals surface area (Å²) in [6, 6.07) is 7.89. The van der Waals surface area contributed by atoms with Crippen molar-refractivity contribution in [2.24, 2.45) is 9.98 Å². The summed E-state index contributed by atoms with van der Waals surface area (Å²) in [5.41, 5.74) is 9.16. The fraction of sp³-hybridized carbons (Fsp3) is 0.235. The van der Waals surface area contributed by atoms with Crippen LogP contribution >= 0.6 is 22.9 Å². The quantitative estimate of drug-likeness (QED) is 0.352. The number of hydrogen-bond acceptors (Lipinski definition) is 5. The fourth-order valence-electron chi connectivity index (χ4n) is 2.00. The number of anilines is 1. The van der Waals surface area contributed by atoms with Gasteiger partial charge in [0.05, 0.1) is 21.3 Å². The number of nitrogens with zero attached hydrogens (tertiary/aromatic N) is 3. The predicted octanol–water partition coefficient (Wildman–Crippen LogP) is 4.82. The lowest BCUT2D eigenvalue weighted by atomic mass is 10.1. The van der Waals surface area contributed by atoms with E-state index < -0.39 is 0 Å². The molecule has 0 saturated heterocycles. The standard InChI is InChI=1S/C17H19ClN4S/c1-11(2)17-22-15(12-5-4-6-13(19)9-12)16(23-17)14(20-3)7-8-21-10-18/h4-9,11H,3,10,19H2,1-2H3/b14-7-,21-8-. The Morgan fingerprint density at radius 3 is 2.87 bits per heavy atom. The molecule has 4 nitrogen and oxygen atoms in total. The summed E-state index contributed by atoms with van der Waals surface area (Å²) in [6.07, 6.45) is 3.43. The van der Waals surface area contributed by atoms with E-state index in [2.05, 4.69) is 30.5 Å². The highest BCUT2D eigenvalue weighted by molar-refractivity contribution is 7.13. The van der Waals surface area contributed by atoms with Crippen LogP contribution in [0.1, 0.15) is 29.7 Å². The van der Waals surface area contributed by atoms with Gasteiger partial charge in [-0.15, -0.1) is 22.9 Å². The van der Waals surface area contributed by atoms with Gasteiger partial charge in [0.2, 0.25) is 0 Å². The molecule has 0 radical (unpaired) electrons. The number of nitrogen functional groups attached to an aromatic ring is 1. The van der Waals surface area contributed by atoms with Crippen molar-refractivity contribution in [2.75, 3.05) is 11.7 Å². The number of aromatic nitrogens is 1.